The van der Waals surface area contributed by atoms with E-state index in [1.54, 1.807) is 0 Å². The smallest absolute Gasteiger partial charge is 0.457 e. The summed E-state index contributed by atoms with van der Waals surface area (Å²) in [7, 11) is -4.22. The van der Waals surface area contributed by atoms with E-state index in [1.807, 2.05) is 0 Å². The highest BCUT2D eigenvalue weighted by Crippen LogP contribution is 2.43. The molecule has 0 saturated heterocycles. The van der Waals surface area contributed by atoms with E-state index in [4.69, 9.17) is 24.3 Å². The lowest BCUT2D eigenvalue weighted by Gasteiger charge is -2.20. The first-order chi connectivity index (χ1) is 13.9. The fourth-order valence-corrected chi connectivity index (χ4v) is 3.40. The molecule has 3 N–H and O–H groups in total. The standard InChI is InChI=1S/C20H42NO7P/c1-3-5-7-9-10-12-15-25-17-19(18-27-29(23,24)26-16-14-21)28-20(22)13-11-8-6-4-2/h19H,3-18,21H2,1-2H3,(H,23,24). The van der Waals surface area contributed by atoms with Crippen LogP contribution in [0.1, 0.15) is 84.5 Å². The number of carbonyl (C=O) groups excluding carboxylic acids is 1. The summed E-state index contributed by atoms with van der Waals surface area (Å²) in [5.74, 6) is -0.353. The van der Waals surface area contributed by atoms with E-state index in [0.29, 0.717) is 13.0 Å². The van der Waals surface area contributed by atoms with Gasteiger partial charge in [0, 0.05) is 19.6 Å². The topological polar surface area (TPSA) is 117 Å². The van der Waals surface area contributed by atoms with Crippen LogP contribution in [0.4, 0.5) is 0 Å². The van der Waals surface area contributed by atoms with Crippen molar-refractivity contribution in [3.8, 4) is 0 Å². The summed E-state index contributed by atoms with van der Waals surface area (Å²) in [5, 5.41) is 0. The van der Waals surface area contributed by atoms with Crippen LogP contribution >= 0.6 is 7.82 Å². The van der Waals surface area contributed by atoms with Gasteiger partial charge in [-0.1, -0.05) is 65.2 Å². The first-order valence-corrected chi connectivity index (χ1v) is 12.5. The highest BCUT2D eigenvalue weighted by atomic mass is 31.2. The van der Waals surface area contributed by atoms with Gasteiger partial charge in [0.25, 0.3) is 0 Å². The zero-order valence-electron chi connectivity index (χ0n) is 18.3. The van der Waals surface area contributed by atoms with Crippen LogP contribution < -0.4 is 5.73 Å². The summed E-state index contributed by atoms with van der Waals surface area (Å²) < 4.78 is 32.4. The summed E-state index contributed by atoms with van der Waals surface area (Å²) in [4.78, 5) is 21.7. The van der Waals surface area contributed by atoms with Crippen LogP contribution in [0.3, 0.4) is 0 Å². The average molecular weight is 440 g/mol. The zero-order chi connectivity index (χ0) is 21.8. The molecule has 0 fully saturated rings. The molecule has 0 bridgehead atoms. The third kappa shape index (κ3) is 19.2. The molecule has 29 heavy (non-hydrogen) atoms. The van der Waals surface area contributed by atoms with E-state index >= 15 is 0 Å². The van der Waals surface area contributed by atoms with Crippen molar-refractivity contribution in [1.29, 1.82) is 0 Å². The van der Waals surface area contributed by atoms with Crippen LogP contribution in [0.2, 0.25) is 0 Å². The second-order valence-electron chi connectivity index (χ2n) is 7.15. The molecule has 2 atom stereocenters. The Morgan fingerprint density at radius 3 is 2.17 bits per heavy atom. The number of ether oxygens (including phenoxy) is 2. The highest BCUT2D eigenvalue weighted by Gasteiger charge is 2.25. The maximum absolute atomic E-state index is 12.0. The lowest BCUT2D eigenvalue weighted by atomic mass is 10.1. The van der Waals surface area contributed by atoms with Crippen LogP contribution in [-0.2, 0) is 27.9 Å². The Bertz CT molecular complexity index is 437. The third-order valence-electron chi connectivity index (χ3n) is 4.27. The molecular weight excluding hydrogens is 397 g/mol. The van der Waals surface area contributed by atoms with Crippen molar-refractivity contribution in [2.45, 2.75) is 90.6 Å². The second kappa shape index (κ2) is 19.5. The average Bonchev–Trinajstić information content (AvgIpc) is 2.69. The lowest BCUT2D eigenvalue weighted by Crippen LogP contribution is -2.28. The molecule has 174 valence electrons. The zero-order valence-corrected chi connectivity index (χ0v) is 19.2. The van der Waals surface area contributed by atoms with Gasteiger partial charge in [0.05, 0.1) is 19.8 Å². The summed E-state index contributed by atoms with van der Waals surface area (Å²) in [6, 6.07) is 0. The molecule has 0 heterocycles. The highest BCUT2D eigenvalue weighted by molar-refractivity contribution is 7.47. The summed E-state index contributed by atoms with van der Waals surface area (Å²) in [5.41, 5.74) is 5.26. The molecule has 0 saturated carbocycles. The normalized spacial score (nSPS) is 14.5. The molecule has 8 nitrogen and oxygen atoms in total. The Morgan fingerprint density at radius 1 is 0.897 bits per heavy atom. The van der Waals surface area contributed by atoms with Crippen molar-refractivity contribution in [2.24, 2.45) is 5.73 Å². The van der Waals surface area contributed by atoms with Crippen molar-refractivity contribution < 1.29 is 32.8 Å². The fraction of sp³-hybridized carbons (Fsp3) is 0.950. The quantitative estimate of drug-likeness (QED) is 0.154. The monoisotopic (exact) mass is 439 g/mol. The summed E-state index contributed by atoms with van der Waals surface area (Å²) >= 11 is 0. The molecule has 0 aromatic carbocycles. The molecule has 0 rings (SSSR count). The van der Waals surface area contributed by atoms with Gasteiger partial charge >= 0.3 is 13.8 Å². The Labute approximate surface area is 176 Å². The molecule has 0 radical (unpaired) electrons. The van der Waals surface area contributed by atoms with Crippen LogP contribution in [-0.4, -0.2) is 49.9 Å². The Balaban J connectivity index is 4.29. The minimum absolute atomic E-state index is 0.0931. The number of phosphoric acid groups is 1. The minimum atomic E-state index is -4.22. The lowest BCUT2D eigenvalue weighted by molar-refractivity contribution is -0.154. The number of unbranched alkanes of at least 4 members (excludes halogenated alkanes) is 8. The number of phosphoric ester groups is 1. The van der Waals surface area contributed by atoms with Crippen molar-refractivity contribution in [1.82, 2.24) is 0 Å². The van der Waals surface area contributed by atoms with Gasteiger partial charge in [-0.05, 0) is 12.8 Å². The van der Waals surface area contributed by atoms with Gasteiger partial charge in [-0.15, -0.1) is 0 Å². The van der Waals surface area contributed by atoms with Crippen molar-refractivity contribution in [3.63, 3.8) is 0 Å². The van der Waals surface area contributed by atoms with Gasteiger partial charge < -0.3 is 20.1 Å². The molecule has 0 amide bonds. The number of nitrogens with two attached hydrogens (primary N) is 1. The van der Waals surface area contributed by atoms with E-state index in [9.17, 15) is 14.3 Å². The van der Waals surface area contributed by atoms with Gasteiger partial charge in [0.15, 0.2) is 0 Å². The van der Waals surface area contributed by atoms with Crippen LogP contribution in [0, 0.1) is 0 Å². The van der Waals surface area contributed by atoms with E-state index < -0.39 is 13.9 Å². The predicted molar refractivity (Wildman–Crippen MR) is 114 cm³/mol. The van der Waals surface area contributed by atoms with E-state index in [1.165, 1.54) is 25.7 Å². The van der Waals surface area contributed by atoms with Crippen LogP contribution in [0.5, 0.6) is 0 Å². The van der Waals surface area contributed by atoms with E-state index in [2.05, 4.69) is 13.8 Å². The molecule has 9 heteroatoms. The largest absolute Gasteiger partial charge is 0.472 e. The number of esters is 1. The number of hydrogen-bond donors (Lipinski definition) is 2. The predicted octanol–water partition coefficient (Wildman–Crippen LogP) is 4.34. The molecular formula is C20H42NO7P. The number of carbonyl (C=O) groups is 1. The molecule has 0 aromatic rings. The second-order valence-corrected chi connectivity index (χ2v) is 8.60. The Hall–Kier alpha value is -0.500. The summed E-state index contributed by atoms with van der Waals surface area (Å²) in [6.45, 7) is 4.70. The number of rotatable bonds is 21. The molecule has 0 aliphatic heterocycles. The summed E-state index contributed by atoms with van der Waals surface area (Å²) in [6.07, 6.45) is 10.4. The van der Waals surface area contributed by atoms with Crippen molar-refractivity contribution in [3.05, 3.63) is 0 Å². The fourth-order valence-electron chi connectivity index (χ4n) is 2.64. The van der Waals surface area contributed by atoms with E-state index in [-0.39, 0.29) is 32.3 Å². The minimum Gasteiger partial charge on any atom is -0.457 e. The molecule has 0 spiro atoms. The Morgan fingerprint density at radius 2 is 1.52 bits per heavy atom. The van der Waals surface area contributed by atoms with Gasteiger partial charge in [0.2, 0.25) is 0 Å². The maximum Gasteiger partial charge on any atom is 0.472 e. The molecule has 0 aromatic heterocycles. The third-order valence-corrected chi connectivity index (χ3v) is 5.26. The van der Waals surface area contributed by atoms with Crippen molar-refractivity contribution >= 4 is 13.8 Å². The van der Waals surface area contributed by atoms with Crippen LogP contribution in [0.25, 0.3) is 0 Å². The van der Waals surface area contributed by atoms with Gasteiger partial charge in [-0.25, -0.2) is 4.57 Å². The van der Waals surface area contributed by atoms with Crippen molar-refractivity contribution in [2.75, 3.05) is 33.0 Å². The van der Waals surface area contributed by atoms with Crippen LogP contribution in [0.15, 0.2) is 0 Å². The van der Waals surface area contributed by atoms with Gasteiger partial charge in [0.1, 0.15) is 6.10 Å². The molecule has 2 unspecified atom stereocenters. The first kappa shape index (κ1) is 28.5. The van der Waals surface area contributed by atoms with E-state index in [0.717, 1.165) is 38.5 Å². The van der Waals surface area contributed by atoms with Gasteiger partial charge in [-0.3, -0.25) is 13.8 Å². The molecule has 0 aliphatic carbocycles. The van der Waals surface area contributed by atoms with Gasteiger partial charge in [-0.2, -0.15) is 0 Å². The number of hydrogen-bond acceptors (Lipinski definition) is 7. The molecule has 0 aliphatic rings. The maximum atomic E-state index is 12.0. The SMILES string of the molecule is CCCCCCCCOCC(COP(=O)(O)OCCN)OC(=O)CCCCCC. The Kier molecular flexibility index (Phi) is 19.1. The first-order valence-electron chi connectivity index (χ1n) is 11.0.